The summed E-state index contributed by atoms with van der Waals surface area (Å²) in [5.41, 5.74) is 1.20. The Morgan fingerprint density at radius 2 is 1.47 bits per heavy atom. The molecular weight excluding hydrogens is 246 g/mol. The Labute approximate surface area is 108 Å². The lowest BCUT2D eigenvalue weighted by atomic mass is 10.3. The van der Waals surface area contributed by atoms with Crippen LogP contribution in [-0.4, -0.2) is 30.0 Å². The molecule has 8 nitrogen and oxygen atoms in total. The van der Waals surface area contributed by atoms with Crippen LogP contribution in [0.15, 0.2) is 43.0 Å². The van der Waals surface area contributed by atoms with Gasteiger partial charge in [-0.2, -0.15) is 4.73 Å². The summed E-state index contributed by atoms with van der Waals surface area (Å²) in [6, 6.07) is 5.37. The van der Waals surface area contributed by atoms with Crippen LogP contribution in [0.1, 0.15) is 11.4 Å². The Balaban J connectivity index is 1.86. The van der Waals surface area contributed by atoms with Gasteiger partial charge in [0.05, 0.1) is 12.4 Å². The van der Waals surface area contributed by atoms with E-state index in [1.54, 1.807) is 46.3 Å². The quantitative estimate of drug-likeness (QED) is 0.468. The summed E-state index contributed by atoms with van der Waals surface area (Å²) in [7, 11) is 0. The maximum atomic E-state index is 12.2. The Morgan fingerprint density at radius 1 is 0.947 bits per heavy atom. The normalized spacial score (nSPS) is 10.7. The highest BCUT2D eigenvalue weighted by molar-refractivity contribution is 5.05. The van der Waals surface area contributed by atoms with Crippen molar-refractivity contribution in [3.63, 3.8) is 0 Å². The van der Waals surface area contributed by atoms with Crippen LogP contribution in [0.5, 0.6) is 0 Å². The fourth-order valence-electron chi connectivity index (χ4n) is 1.79. The maximum absolute atomic E-state index is 12.2. The van der Waals surface area contributed by atoms with Crippen LogP contribution in [0.3, 0.4) is 0 Å². The summed E-state index contributed by atoms with van der Waals surface area (Å²) in [6.45, 7) is 0.767. The van der Waals surface area contributed by atoms with Crippen molar-refractivity contribution < 1.29 is 4.73 Å². The number of nitrogens with zero attached hydrogens (tertiary/aromatic N) is 7. The van der Waals surface area contributed by atoms with Gasteiger partial charge in [0.25, 0.3) is 0 Å². The van der Waals surface area contributed by atoms with E-state index in [9.17, 15) is 5.21 Å². The van der Waals surface area contributed by atoms with E-state index < -0.39 is 0 Å². The molecule has 0 fully saturated rings. The molecule has 0 aliphatic carbocycles. The van der Waals surface area contributed by atoms with Gasteiger partial charge in [0.15, 0.2) is 0 Å². The monoisotopic (exact) mass is 257 g/mol. The van der Waals surface area contributed by atoms with Crippen molar-refractivity contribution in [1.29, 1.82) is 0 Å². The molecule has 0 radical (unpaired) electrons. The molecule has 0 aromatic carbocycles. The van der Waals surface area contributed by atoms with Gasteiger partial charge in [0.2, 0.25) is 11.4 Å². The first-order valence-corrected chi connectivity index (χ1v) is 5.71. The third kappa shape index (κ3) is 2.41. The molecule has 0 unspecified atom stereocenters. The number of aromatic nitrogens is 7. The summed E-state index contributed by atoms with van der Waals surface area (Å²) in [4.78, 5) is 0. The molecule has 19 heavy (non-hydrogen) atoms. The van der Waals surface area contributed by atoms with Crippen molar-refractivity contribution in [2.45, 2.75) is 13.1 Å². The predicted octanol–water partition coefficient (Wildman–Crippen LogP) is -0.400. The Morgan fingerprint density at radius 3 is 1.89 bits per heavy atom. The molecule has 0 aliphatic rings. The van der Waals surface area contributed by atoms with Crippen LogP contribution in [-0.2, 0) is 13.1 Å². The molecular formula is C11H11N7O. The first-order valence-electron chi connectivity index (χ1n) is 5.71. The Hall–Kier alpha value is -2.77. The van der Waals surface area contributed by atoms with Crippen molar-refractivity contribution in [2.75, 3.05) is 0 Å². The largest absolute Gasteiger partial charge is 0.618 e. The second kappa shape index (κ2) is 4.84. The lowest BCUT2D eigenvalue weighted by Gasteiger charge is -2.08. The lowest BCUT2D eigenvalue weighted by molar-refractivity contribution is -0.623. The molecule has 8 heteroatoms. The highest BCUT2D eigenvalue weighted by Crippen LogP contribution is 2.01. The highest BCUT2D eigenvalue weighted by atomic mass is 16.5. The zero-order chi connectivity index (χ0) is 13.1. The molecule has 3 rings (SSSR count). The van der Waals surface area contributed by atoms with Crippen LogP contribution in [0.2, 0.25) is 0 Å². The number of hydrogen-bond donors (Lipinski definition) is 0. The molecule has 0 aliphatic heterocycles. The molecule has 0 amide bonds. The molecule has 0 saturated carbocycles. The van der Waals surface area contributed by atoms with E-state index in [0.717, 1.165) is 4.73 Å². The zero-order valence-electron chi connectivity index (χ0n) is 9.99. The van der Waals surface area contributed by atoms with Crippen molar-refractivity contribution in [2.24, 2.45) is 0 Å². The summed E-state index contributed by atoms with van der Waals surface area (Å²) in [5, 5.41) is 27.3. The topological polar surface area (TPSA) is 88.4 Å². The summed E-state index contributed by atoms with van der Waals surface area (Å²) >= 11 is 0. The van der Waals surface area contributed by atoms with Crippen LogP contribution in [0.4, 0.5) is 0 Å². The molecule has 0 N–H and O–H groups in total. The average Bonchev–Trinajstić information content (AvgIpc) is 3.07. The van der Waals surface area contributed by atoms with Crippen molar-refractivity contribution in [3.8, 4) is 0 Å². The van der Waals surface area contributed by atoms with Gasteiger partial charge < -0.3 is 5.21 Å². The minimum Gasteiger partial charge on any atom is -0.618 e. The molecule has 3 heterocycles. The highest BCUT2D eigenvalue weighted by Gasteiger charge is 2.12. The SMILES string of the molecule is [O-][n+]1c(Cn2ccnn2)cccc1Cn1ccnn1. The first-order chi connectivity index (χ1) is 9.33. The van der Waals surface area contributed by atoms with Gasteiger partial charge >= 0.3 is 0 Å². The van der Waals surface area contributed by atoms with Gasteiger partial charge in [0.1, 0.15) is 13.1 Å². The van der Waals surface area contributed by atoms with E-state index in [1.165, 1.54) is 0 Å². The van der Waals surface area contributed by atoms with Crippen LogP contribution >= 0.6 is 0 Å². The predicted molar refractivity (Wildman–Crippen MR) is 63.7 cm³/mol. The Kier molecular flexibility index (Phi) is 2.89. The second-order valence-corrected chi connectivity index (χ2v) is 4.00. The van der Waals surface area contributed by atoms with Crippen molar-refractivity contribution in [3.05, 3.63) is 59.6 Å². The maximum Gasteiger partial charge on any atom is 0.214 e. The summed E-state index contributed by atoms with van der Waals surface area (Å²) in [5.74, 6) is 0. The van der Waals surface area contributed by atoms with Gasteiger partial charge in [-0.05, 0) is 6.07 Å². The standard InChI is InChI=1S/C11H11N7O/c19-18-10(8-16-6-4-12-14-16)2-1-3-11(18)9-17-7-5-13-15-17/h1-7H,8-9H2. The van der Waals surface area contributed by atoms with Gasteiger partial charge in [0, 0.05) is 24.5 Å². The van der Waals surface area contributed by atoms with E-state index >= 15 is 0 Å². The third-order valence-corrected chi connectivity index (χ3v) is 2.69. The molecule has 0 atom stereocenters. The van der Waals surface area contributed by atoms with Crippen LogP contribution in [0, 0.1) is 5.21 Å². The molecule has 3 aromatic heterocycles. The summed E-state index contributed by atoms with van der Waals surface area (Å²) < 4.78 is 4.09. The van der Waals surface area contributed by atoms with E-state index in [-0.39, 0.29) is 0 Å². The molecule has 0 spiro atoms. The molecule has 3 aromatic rings. The van der Waals surface area contributed by atoms with Crippen molar-refractivity contribution in [1.82, 2.24) is 30.0 Å². The summed E-state index contributed by atoms with van der Waals surface area (Å²) in [6.07, 6.45) is 6.58. The van der Waals surface area contributed by atoms with Gasteiger partial charge in [-0.3, -0.25) is 0 Å². The average molecular weight is 257 g/mol. The van der Waals surface area contributed by atoms with E-state index in [1.807, 2.05) is 6.07 Å². The van der Waals surface area contributed by atoms with Gasteiger partial charge in [-0.1, -0.05) is 10.4 Å². The van der Waals surface area contributed by atoms with Gasteiger partial charge in [-0.15, -0.1) is 10.2 Å². The number of rotatable bonds is 4. The smallest absolute Gasteiger partial charge is 0.214 e. The van der Waals surface area contributed by atoms with Crippen molar-refractivity contribution >= 4 is 0 Å². The second-order valence-electron chi connectivity index (χ2n) is 4.00. The van der Waals surface area contributed by atoms with E-state index in [4.69, 9.17) is 0 Å². The molecule has 0 bridgehead atoms. The fourth-order valence-corrected chi connectivity index (χ4v) is 1.79. The third-order valence-electron chi connectivity index (χ3n) is 2.69. The lowest BCUT2D eigenvalue weighted by Crippen LogP contribution is -2.38. The van der Waals surface area contributed by atoms with Crippen LogP contribution in [0.25, 0.3) is 0 Å². The Bertz CT molecular complexity index is 593. The van der Waals surface area contributed by atoms with E-state index in [2.05, 4.69) is 20.6 Å². The number of pyridine rings is 1. The molecule has 0 saturated heterocycles. The minimum absolute atomic E-state index is 0.384. The van der Waals surface area contributed by atoms with Crippen LogP contribution < -0.4 is 4.73 Å². The minimum atomic E-state index is 0.384. The van der Waals surface area contributed by atoms with Gasteiger partial charge in [-0.25, -0.2) is 9.36 Å². The zero-order valence-corrected chi connectivity index (χ0v) is 9.99. The molecule has 96 valence electrons. The van der Waals surface area contributed by atoms with E-state index in [0.29, 0.717) is 24.5 Å². The number of hydrogen-bond acceptors (Lipinski definition) is 5. The fraction of sp³-hybridized carbons (Fsp3) is 0.182. The first kappa shape index (κ1) is 11.3.